The summed E-state index contributed by atoms with van der Waals surface area (Å²) in [4.78, 5) is 38.6. The van der Waals surface area contributed by atoms with Crippen LogP contribution in [-0.2, 0) is 20.8 Å². The van der Waals surface area contributed by atoms with E-state index in [2.05, 4.69) is 4.98 Å². The highest BCUT2D eigenvalue weighted by Crippen LogP contribution is 2.22. The van der Waals surface area contributed by atoms with E-state index in [9.17, 15) is 9.59 Å². The Labute approximate surface area is 174 Å². The maximum atomic E-state index is 12.5. The Bertz CT molecular complexity index is 649. The standard InChI is InChI=1S/C22H34N4O3/c1-24(15-10-20-7-2-3-12-23-20)21(27)9-8-19-6-4-13-25(18-19)22(28)11-16-26-14-5-17-29-26/h2-3,7,12,19H,4-6,8-11,13-18H2,1H3/t19-/m1/s1. The predicted octanol–water partition coefficient (Wildman–Crippen LogP) is 2.13. The second-order valence-corrected chi connectivity index (χ2v) is 8.14. The number of piperidine rings is 1. The number of aromatic nitrogens is 1. The van der Waals surface area contributed by atoms with Gasteiger partial charge in [-0.3, -0.25) is 19.4 Å². The van der Waals surface area contributed by atoms with Gasteiger partial charge in [-0.05, 0) is 43.7 Å². The van der Waals surface area contributed by atoms with Crippen LogP contribution in [0.15, 0.2) is 24.4 Å². The molecule has 0 spiro atoms. The number of rotatable bonds is 9. The van der Waals surface area contributed by atoms with Gasteiger partial charge in [0.05, 0.1) is 6.61 Å². The van der Waals surface area contributed by atoms with Crippen molar-refractivity contribution in [1.29, 1.82) is 0 Å². The molecule has 160 valence electrons. The van der Waals surface area contributed by atoms with Gasteiger partial charge in [0.15, 0.2) is 0 Å². The number of amides is 2. The number of likely N-dealkylation sites (N-methyl/N-ethyl adjacent to an activating group) is 1. The first kappa shape index (κ1) is 21.7. The molecule has 3 rings (SSSR count). The minimum Gasteiger partial charge on any atom is -0.345 e. The van der Waals surface area contributed by atoms with Gasteiger partial charge >= 0.3 is 0 Å². The summed E-state index contributed by atoms with van der Waals surface area (Å²) in [6.45, 7) is 4.68. The van der Waals surface area contributed by atoms with E-state index in [1.807, 2.05) is 35.2 Å². The van der Waals surface area contributed by atoms with Gasteiger partial charge in [-0.15, -0.1) is 0 Å². The summed E-state index contributed by atoms with van der Waals surface area (Å²) >= 11 is 0. The van der Waals surface area contributed by atoms with E-state index in [1.54, 1.807) is 11.1 Å². The minimum atomic E-state index is 0.176. The zero-order valence-corrected chi connectivity index (χ0v) is 17.6. The predicted molar refractivity (Wildman–Crippen MR) is 111 cm³/mol. The number of hydrogen-bond acceptors (Lipinski definition) is 5. The molecular formula is C22H34N4O3. The SMILES string of the molecule is CN(CCc1ccccn1)C(=O)CC[C@H]1CCCN(C(=O)CCN2CCCO2)C1. The first-order valence-electron chi connectivity index (χ1n) is 10.9. The van der Waals surface area contributed by atoms with Crippen LogP contribution in [0.25, 0.3) is 0 Å². The summed E-state index contributed by atoms with van der Waals surface area (Å²) in [7, 11) is 1.86. The lowest BCUT2D eigenvalue weighted by Gasteiger charge is -2.33. The molecule has 0 saturated carbocycles. The molecule has 2 fully saturated rings. The van der Waals surface area contributed by atoms with E-state index < -0.39 is 0 Å². The van der Waals surface area contributed by atoms with Crippen LogP contribution in [0.5, 0.6) is 0 Å². The molecule has 1 atom stereocenters. The Kier molecular flexibility index (Phi) is 8.43. The Morgan fingerprint density at radius 2 is 2.14 bits per heavy atom. The maximum absolute atomic E-state index is 12.5. The van der Waals surface area contributed by atoms with Crippen molar-refractivity contribution in [3.05, 3.63) is 30.1 Å². The smallest absolute Gasteiger partial charge is 0.223 e. The molecule has 2 aliphatic rings. The largest absolute Gasteiger partial charge is 0.345 e. The van der Waals surface area contributed by atoms with Crippen molar-refractivity contribution in [1.82, 2.24) is 19.8 Å². The number of pyridine rings is 1. The molecule has 0 aromatic carbocycles. The Balaban J connectivity index is 1.34. The second kappa shape index (κ2) is 11.3. The molecular weight excluding hydrogens is 368 g/mol. The Hall–Kier alpha value is -1.99. The first-order chi connectivity index (χ1) is 14.1. The molecule has 0 N–H and O–H groups in total. The topological polar surface area (TPSA) is 66.0 Å². The number of nitrogens with zero attached hydrogens (tertiary/aromatic N) is 4. The summed E-state index contributed by atoms with van der Waals surface area (Å²) in [5.41, 5.74) is 1.01. The number of likely N-dealkylation sites (tertiary alicyclic amines) is 1. The fourth-order valence-corrected chi connectivity index (χ4v) is 4.05. The van der Waals surface area contributed by atoms with Crippen molar-refractivity contribution in [3.8, 4) is 0 Å². The van der Waals surface area contributed by atoms with Gasteiger partial charge in [-0.25, -0.2) is 0 Å². The van der Waals surface area contributed by atoms with Crippen LogP contribution in [0.2, 0.25) is 0 Å². The molecule has 1 aromatic rings. The average Bonchev–Trinajstić information content (AvgIpc) is 3.28. The molecule has 2 amide bonds. The molecule has 7 nitrogen and oxygen atoms in total. The molecule has 2 saturated heterocycles. The quantitative estimate of drug-likeness (QED) is 0.633. The maximum Gasteiger partial charge on any atom is 0.223 e. The van der Waals surface area contributed by atoms with Gasteiger partial charge in [-0.1, -0.05) is 6.07 Å². The van der Waals surface area contributed by atoms with Crippen LogP contribution in [0.3, 0.4) is 0 Å². The van der Waals surface area contributed by atoms with Gasteiger partial charge in [0.25, 0.3) is 0 Å². The highest BCUT2D eigenvalue weighted by Gasteiger charge is 2.25. The van der Waals surface area contributed by atoms with E-state index in [0.29, 0.717) is 31.8 Å². The lowest BCUT2D eigenvalue weighted by molar-refractivity contribution is -0.140. The third kappa shape index (κ3) is 7.08. The van der Waals surface area contributed by atoms with E-state index in [0.717, 1.165) is 64.0 Å². The van der Waals surface area contributed by atoms with Gasteiger partial charge in [0.2, 0.25) is 11.8 Å². The molecule has 0 radical (unpaired) electrons. The highest BCUT2D eigenvalue weighted by molar-refractivity contribution is 5.77. The van der Waals surface area contributed by atoms with E-state index in [-0.39, 0.29) is 11.8 Å². The molecule has 29 heavy (non-hydrogen) atoms. The third-order valence-corrected chi connectivity index (χ3v) is 5.89. The number of carbonyl (C=O) groups excluding carboxylic acids is 2. The summed E-state index contributed by atoms with van der Waals surface area (Å²) in [6.07, 6.45) is 7.65. The summed E-state index contributed by atoms with van der Waals surface area (Å²) in [5, 5.41) is 1.90. The summed E-state index contributed by atoms with van der Waals surface area (Å²) in [5.74, 6) is 0.809. The van der Waals surface area contributed by atoms with Crippen molar-refractivity contribution < 1.29 is 14.4 Å². The number of hydrogen-bond donors (Lipinski definition) is 0. The van der Waals surface area contributed by atoms with Crippen LogP contribution in [0.1, 0.15) is 44.2 Å². The lowest BCUT2D eigenvalue weighted by Crippen LogP contribution is -2.41. The van der Waals surface area contributed by atoms with Crippen LogP contribution >= 0.6 is 0 Å². The van der Waals surface area contributed by atoms with Gasteiger partial charge in [0, 0.05) is 70.9 Å². The molecule has 7 heteroatoms. The second-order valence-electron chi connectivity index (χ2n) is 8.14. The van der Waals surface area contributed by atoms with Crippen molar-refractivity contribution in [3.63, 3.8) is 0 Å². The Morgan fingerprint density at radius 3 is 2.90 bits per heavy atom. The fraction of sp³-hybridized carbons (Fsp3) is 0.682. The van der Waals surface area contributed by atoms with Crippen LogP contribution in [0.4, 0.5) is 0 Å². The monoisotopic (exact) mass is 402 g/mol. The highest BCUT2D eigenvalue weighted by atomic mass is 16.7. The van der Waals surface area contributed by atoms with Crippen molar-refractivity contribution in [2.24, 2.45) is 5.92 Å². The number of hydroxylamine groups is 2. The van der Waals surface area contributed by atoms with E-state index >= 15 is 0 Å². The van der Waals surface area contributed by atoms with Crippen molar-refractivity contribution >= 4 is 11.8 Å². The molecule has 0 aliphatic carbocycles. The normalized spacial score (nSPS) is 20.0. The van der Waals surface area contributed by atoms with Crippen molar-refractivity contribution in [2.45, 2.75) is 44.9 Å². The van der Waals surface area contributed by atoms with Gasteiger partial charge in [-0.2, -0.15) is 5.06 Å². The van der Waals surface area contributed by atoms with Crippen molar-refractivity contribution in [2.75, 3.05) is 46.4 Å². The number of carbonyl (C=O) groups is 2. The van der Waals surface area contributed by atoms with Gasteiger partial charge < -0.3 is 9.80 Å². The molecule has 0 bridgehead atoms. The average molecular weight is 403 g/mol. The zero-order chi connectivity index (χ0) is 20.5. The molecule has 2 aliphatic heterocycles. The van der Waals surface area contributed by atoms with Crippen LogP contribution in [0, 0.1) is 5.92 Å². The minimum absolute atomic E-state index is 0.176. The zero-order valence-electron chi connectivity index (χ0n) is 17.6. The third-order valence-electron chi connectivity index (χ3n) is 5.89. The molecule has 1 aromatic heterocycles. The summed E-state index contributed by atoms with van der Waals surface area (Å²) in [6, 6.07) is 5.86. The molecule has 0 unspecified atom stereocenters. The Morgan fingerprint density at radius 1 is 1.24 bits per heavy atom. The first-order valence-corrected chi connectivity index (χ1v) is 10.9. The summed E-state index contributed by atoms with van der Waals surface area (Å²) < 4.78 is 0. The van der Waals surface area contributed by atoms with Crippen LogP contribution in [-0.4, -0.2) is 78.0 Å². The lowest BCUT2D eigenvalue weighted by atomic mass is 9.93. The van der Waals surface area contributed by atoms with E-state index in [4.69, 9.17) is 4.84 Å². The van der Waals surface area contributed by atoms with Crippen LogP contribution < -0.4 is 0 Å². The van der Waals surface area contributed by atoms with Gasteiger partial charge in [0.1, 0.15) is 0 Å². The van der Waals surface area contributed by atoms with E-state index in [1.165, 1.54) is 0 Å². The molecule has 3 heterocycles. The fourth-order valence-electron chi connectivity index (χ4n) is 4.05.